The van der Waals surface area contributed by atoms with E-state index in [4.69, 9.17) is 4.74 Å². The number of aromatic nitrogens is 2. The second-order valence-corrected chi connectivity index (χ2v) is 9.99. The Balaban J connectivity index is 1.39. The van der Waals surface area contributed by atoms with Gasteiger partial charge in [0.15, 0.2) is 17.5 Å². The highest BCUT2D eigenvalue weighted by molar-refractivity contribution is 5.63. The number of hydrogen-bond donors (Lipinski definition) is 2. The Morgan fingerprint density at radius 2 is 2.03 bits per heavy atom. The number of alkyl halides is 3. The third-order valence-corrected chi connectivity index (χ3v) is 6.76. The Morgan fingerprint density at radius 1 is 1.28 bits per heavy atom. The number of nitrogens with zero attached hydrogens (tertiary/aromatic N) is 4. The summed E-state index contributed by atoms with van der Waals surface area (Å²) < 4.78 is 58.7. The van der Waals surface area contributed by atoms with Gasteiger partial charge < -0.3 is 20.1 Å². The highest BCUT2D eigenvalue weighted by Gasteiger charge is 2.41. The maximum absolute atomic E-state index is 14.3. The molecule has 3 atom stereocenters. The highest BCUT2D eigenvalue weighted by Crippen LogP contribution is 2.41. The average molecular weight is 510 g/mol. The summed E-state index contributed by atoms with van der Waals surface area (Å²) in [4.78, 5) is 14.7. The molecular formula is C25H31F4N5O2. The molecule has 1 saturated carbocycles. The first kappa shape index (κ1) is 26.3. The maximum atomic E-state index is 14.3. The Hall–Kier alpha value is -2.79. The summed E-state index contributed by atoms with van der Waals surface area (Å²) in [5, 5.41) is 14.0. The molecule has 2 N–H and O–H groups in total. The smallest absolute Gasteiger partial charge is 0.392 e. The van der Waals surface area contributed by atoms with E-state index in [9.17, 15) is 22.7 Å². The second kappa shape index (κ2) is 10.7. The van der Waals surface area contributed by atoms with Crippen molar-refractivity contribution in [1.82, 2.24) is 9.97 Å². The summed E-state index contributed by atoms with van der Waals surface area (Å²) in [6.45, 7) is 6.26. The van der Waals surface area contributed by atoms with Crippen molar-refractivity contribution in [3.05, 3.63) is 47.7 Å². The zero-order valence-corrected chi connectivity index (χ0v) is 20.3. The van der Waals surface area contributed by atoms with Crippen molar-refractivity contribution >= 4 is 17.7 Å². The number of ether oxygens (including phenoxy) is 1. The van der Waals surface area contributed by atoms with E-state index in [2.05, 4.69) is 20.3 Å². The molecule has 36 heavy (non-hydrogen) atoms. The predicted molar refractivity (Wildman–Crippen MR) is 129 cm³/mol. The molecule has 1 saturated heterocycles. The van der Waals surface area contributed by atoms with E-state index < -0.39 is 23.7 Å². The van der Waals surface area contributed by atoms with Crippen molar-refractivity contribution in [1.29, 1.82) is 0 Å². The Morgan fingerprint density at radius 3 is 2.72 bits per heavy atom. The number of benzene rings is 1. The SMILES string of the molecule is CC1(C)CC(Nc2cccc(C(F)(F)F)c2)CC(O)C1C=NCc1ncc(F)c(N2CCOCC2)n1. The number of anilines is 2. The van der Waals surface area contributed by atoms with Gasteiger partial charge >= 0.3 is 6.18 Å². The van der Waals surface area contributed by atoms with Crippen molar-refractivity contribution in [2.75, 3.05) is 36.5 Å². The number of morpholine rings is 1. The van der Waals surface area contributed by atoms with E-state index in [1.807, 2.05) is 18.7 Å². The van der Waals surface area contributed by atoms with Crippen LogP contribution in [0, 0.1) is 17.2 Å². The van der Waals surface area contributed by atoms with Gasteiger partial charge in [0.05, 0.1) is 37.6 Å². The van der Waals surface area contributed by atoms with E-state index in [1.54, 1.807) is 12.3 Å². The van der Waals surface area contributed by atoms with Gasteiger partial charge in [-0.1, -0.05) is 19.9 Å². The van der Waals surface area contributed by atoms with Crippen molar-refractivity contribution in [2.24, 2.45) is 16.3 Å². The van der Waals surface area contributed by atoms with Crippen LogP contribution in [0.15, 0.2) is 35.5 Å². The van der Waals surface area contributed by atoms with Gasteiger partial charge in [0.25, 0.3) is 0 Å². The monoisotopic (exact) mass is 509 g/mol. The first-order valence-corrected chi connectivity index (χ1v) is 12.0. The fraction of sp³-hybridized carbons (Fsp3) is 0.560. The minimum Gasteiger partial charge on any atom is -0.392 e. The standard InChI is InChI=1S/C25H31F4N5O2/c1-24(2)12-18(32-17-5-3-4-16(10-17)25(27,28)29)11-21(35)19(24)13-30-15-22-31-14-20(26)23(33-22)34-6-8-36-9-7-34/h3-5,10,13-14,18-19,21,32,35H,6-9,11-12,15H2,1-2H3. The molecule has 0 radical (unpaired) electrons. The minimum absolute atomic E-state index is 0.142. The van der Waals surface area contributed by atoms with Gasteiger partial charge in [-0.05, 0) is 36.5 Å². The van der Waals surface area contributed by atoms with Crippen LogP contribution < -0.4 is 10.2 Å². The lowest BCUT2D eigenvalue weighted by molar-refractivity contribution is -0.137. The van der Waals surface area contributed by atoms with E-state index in [-0.39, 0.29) is 29.7 Å². The third kappa shape index (κ3) is 6.31. The molecule has 4 rings (SSSR count). The molecule has 1 aliphatic carbocycles. The largest absolute Gasteiger partial charge is 0.416 e. The van der Waals surface area contributed by atoms with Crippen LogP contribution in [-0.2, 0) is 17.5 Å². The number of nitrogens with one attached hydrogen (secondary N) is 1. The number of hydrogen-bond acceptors (Lipinski definition) is 7. The molecule has 0 bridgehead atoms. The zero-order valence-electron chi connectivity index (χ0n) is 20.3. The molecule has 1 aromatic carbocycles. The summed E-state index contributed by atoms with van der Waals surface area (Å²) in [7, 11) is 0. The number of aliphatic hydroxyl groups excluding tert-OH is 1. The molecule has 1 aromatic heterocycles. The minimum atomic E-state index is -4.41. The van der Waals surface area contributed by atoms with Gasteiger partial charge in [-0.25, -0.2) is 14.4 Å². The normalized spacial score (nSPS) is 24.8. The van der Waals surface area contributed by atoms with Crippen LogP contribution in [0.2, 0.25) is 0 Å². The molecule has 196 valence electrons. The van der Waals surface area contributed by atoms with Crippen LogP contribution >= 0.6 is 0 Å². The first-order valence-electron chi connectivity index (χ1n) is 12.0. The Kier molecular flexibility index (Phi) is 7.79. The fourth-order valence-corrected chi connectivity index (χ4v) is 4.96. The summed E-state index contributed by atoms with van der Waals surface area (Å²) in [6, 6.07) is 4.88. The van der Waals surface area contributed by atoms with Gasteiger partial charge in [-0.2, -0.15) is 13.2 Å². The molecule has 2 fully saturated rings. The Labute approximate surface area is 207 Å². The number of aliphatic imine (C=N–C) groups is 1. The van der Waals surface area contributed by atoms with Crippen LogP contribution in [0.25, 0.3) is 0 Å². The summed E-state index contributed by atoms with van der Waals surface area (Å²) in [5.41, 5.74) is -0.717. The molecule has 2 aromatic rings. The summed E-state index contributed by atoms with van der Waals surface area (Å²) >= 11 is 0. The lowest BCUT2D eigenvalue weighted by Gasteiger charge is -2.44. The van der Waals surface area contributed by atoms with Crippen LogP contribution in [-0.4, -0.2) is 59.7 Å². The van der Waals surface area contributed by atoms with E-state index >= 15 is 0 Å². The fourth-order valence-electron chi connectivity index (χ4n) is 4.96. The van der Waals surface area contributed by atoms with Gasteiger partial charge in [-0.3, -0.25) is 4.99 Å². The van der Waals surface area contributed by atoms with Gasteiger partial charge in [0.2, 0.25) is 0 Å². The van der Waals surface area contributed by atoms with Crippen LogP contribution in [0.1, 0.15) is 38.1 Å². The summed E-state index contributed by atoms with van der Waals surface area (Å²) in [6.07, 6.45) is -1.31. The van der Waals surface area contributed by atoms with Crippen molar-refractivity contribution in [3.63, 3.8) is 0 Å². The van der Waals surface area contributed by atoms with Crippen molar-refractivity contribution < 1.29 is 27.4 Å². The average Bonchev–Trinajstić information content (AvgIpc) is 2.81. The molecule has 11 heteroatoms. The lowest BCUT2D eigenvalue weighted by Crippen LogP contribution is -2.47. The Bertz CT molecular complexity index is 1070. The van der Waals surface area contributed by atoms with E-state index in [1.165, 1.54) is 6.07 Å². The second-order valence-electron chi connectivity index (χ2n) is 9.99. The lowest BCUT2D eigenvalue weighted by atomic mass is 9.66. The number of halogens is 4. The molecular weight excluding hydrogens is 478 g/mol. The van der Waals surface area contributed by atoms with Crippen molar-refractivity contribution in [3.8, 4) is 0 Å². The molecule has 2 heterocycles. The van der Waals surface area contributed by atoms with Gasteiger partial charge in [-0.15, -0.1) is 0 Å². The quantitative estimate of drug-likeness (QED) is 0.446. The van der Waals surface area contributed by atoms with Crippen LogP contribution in [0.5, 0.6) is 0 Å². The molecule has 1 aliphatic heterocycles. The van der Waals surface area contributed by atoms with Crippen LogP contribution in [0.4, 0.5) is 29.1 Å². The molecule has 3 unspecified atom stereocenters. The molecule has 0 spiro atoms. The van der Waals surface area contributed by atoms with Crippen molar-refractivity contribution in [2.45, 2.75) is 51.6 Å². The van der Waals surface area contributed by atoms with Crippen LogP contribution in [0.3, 0.4) is 0 Å². The molecule has 2 aliphatic rings. The first-order chi connectivity index (χ1) is 17.0. The zero-order chi connectivity index (χ0) is 25.9. The third-order valence-electron chi connectivity index (χ3n) is 6.76. The predicted octanol–water partition coefficient (Wildman–Crippen LogP) is 4.32. The number of rotatable bonds is 6. The molecule has 0 amide bonds. The number of aliphatic hydroxyl groups is 1. The summed E-state index contributed by atoms with van der Waals surface area (Å²) in [5.74, 6) is -0.148. The van der Waals surface area contributed by atoms with Gasteiger partial charge in [0.1, 0.15) is 0 Å². The van der Waals surface area contributed by atoms with E-state index in [0.717, 1.165) is 18.3 Å². The maximum Gasteiger partial charge on any atom is 0.416 e. The molecule has 7 nitrogen and oxygen atoms in total. The topological polar surface area (TPSA) is 82.9 Å². The highest BCUT2D eigenvalue weighted by atomic mass is 19.4. The van der Waals surface area contributed by atoms with Gasteiger partial charge in [0, 0.05) is 37.0 Å². The van der Waals surface area contributed by atoms with E-state index in [0.29, 0.717) is 50.7 Å².